The predicted molar refractivity (Wildman–Crippen MR) is 209 cm³/mol. The zero-order valence-corrected chi connectivity index (χ0v) is 31.4. The highest BCUT2D eigenvalue weighted by atomic mass is 16.5. The summed E-state index contributed by atoms with van der Waals surface area (Å²) in [5.41, 5.74) is 3.29. The zero-order valence-electron chi connectivity index (χ0n) is 31.4. The van der Waals surface area contributed by atoms with Crippen molar-refractivity contribution in [3.05, 3.63) is 78.6 Å². The van der Waals surface area contributed by atoms with Crippen molar-refractivity contribution in [2.45, 2.75) is 174 Å². The molecule has 0 spiro atoms. The lowest BCUT2D eigenvalue weighted by molar-refractivity contribution is -0.150. The van der Waals surface area contributed by atoms with E-state index in [0.29, 0.717) is 6.42 Å². The van der Waals surface area contributed by atoms with E-state index in [9.17, 15) is 4.79 Å². The first-order chi connectivity index (χ1) is 23.1. The van der Waals surface area contributed by atoms with E-state index in [-0.39, 0.29) is 12.1 Å². The Hall–Kier alpha value is -2.35. The summed E-state index contributed by atoms with van der Waals surface area (Å²) in [6, 6.07) is 0. The van der Waals surface area contributed by atoms with Crippen LogP contribution in [-0.2, 0) is 9.53 Å². The van der Waals surface area contributed by atoms with Gasteiger partial charge in [-0.1, -0.05) is 113 Å². The van der Waals surface area contributed by atoms with Crippen molar-refractivity contribution in [3.8, 4) is 0 Å². The first kappa shape index (κ1) is 44.6. The number of nitrogens with zero attached hydrogens (tertiary/aromatic N) is 1. The fourth-order valence-corrected chi connectivity index (χ4v) is 5.25. The lowest BCUT2D eigenvalue weighted by Crippen LogP contribution is -2.20. The summed E-state index contributed by atoms with van der Waals surface area (Å²) in [4.78, 5) is 14.6. The number of esters is 1. The molecule has 0 saturated carbocycles. The molecule has 0 radical (unpaired) electrons. The lowest BCUT2D eigenvalue weighted by Gasteiger charge is -2.18. The minimum absolute atomic E-state index is 0.0205. The Morgan fingerprint density at radius 1 is 0.553 bits per heavy atom. The van der Waals surface area contributed by atoms with E-state index in [4.69, 9.17) is 4.74 Å². The molecule has 0 fully saturated rings. The van der Waals surface area contributed by atoms with E-state index >= 15 is 0 Å². The highest BCUT2D eigenvalue weighted by Crippen LogP contribution is 2.17. The fourth-order valence-electron chi connectivity index (χ4n) is 5.25. The van der Waals surface area contributed by atoms with Crippen LogP contribution in [0.15, 0.2) is 78.6 Å². The average Bonchev–Trinajstić information content (AvgIpc) is 3.05. The highest BCUT2D eigenvalue weighted by molar-refractivity contribution is 5.69. The van der Waals surface area contributed by atoms with E-state index < -0.39 is 0 Å². The van der Waals surface area contributed by atoms with Crippen LogP contribution in [0.5, 0.6) is 0 Å². The normalized spacial score (nSPS) is 12.8. The van der Waals surface area contributed by atoms with E-state index in [1.54, 1.807) is 0 Å². The Kier molecular flexibility index (Phi) is 36.2. The third kappa shape index (κ3) is 38.0. The molecule has 0 saturated heterocycles. The Morgan fingerprint density at radius 3 is 1.43 bits per heavy atom. The number of hydrogen-bond donors (Lipinski definition) is 0. The lowest BCUT2D eigenvalue weighted by atomic mass is 10.0. The van der Waals surface area contributed by atoms with Crippen LogP contribution in [0.1, 0.15) is 168 Å². The van der Waals surface area contributed by atoms with Crippen molar-refractivity contribution >= 4 is 5.97 Å². The number of ether oxygens (including phenoxy) is 1. The molecule has 0 N–H and O–H groups in total. The molecule has 0 amide bonds. The highest BCUT2D eigenvalue weighted by Gasteiger charge is 2.14. The van der Waals surface area contributed by atoms with Gasteiger partial charge >= 0.3 is 5.97 Å². The molecule has 0 aliphatic heterocycles. The maximum Gasteiger partial charge on any atom is 0.306 e. The summed E-state index contributed by atoms with van der Waals surface area (Å²) in [6.07, 6.45) is 54.1. The van der Waals surface area contributed by atoms with Gasteiger partial charge < -0.3 is 9.64 Å². The van der Waals surface area contributed by atoms with Crippen LogP contribution in [-0.4, -0.2) is 37.6 Å². The smallest absolute Gasteiger partial charge is 0.306 e. The minimum Gasteiger partial charge on any atom is -0.462 e. The Bertz CT molecular complexity index is 885. The fraction of sp³-hybridized carbons (Fsp3) is 0.682. The van der Waals surface area contributed by atoms with Crippen molar-refractivity contribution in [1.82, 2.24) is 4.90 Å². The van der Waals surface area contributed by atoms with Gasteiger partial charge in [0.1, 0.15) is 6.10 Å². The van der Waals surface area contributed by atoms with Crippen molar-refractivity contribution in [1.29, 1.82) is 0 Å². The summed E-state index contributed by atoms with van der Waals surface area (Å²) in [5, 5.41) is 0. The van der Waals surface area contributed by atoms with Gasteiger partial charge in [-0.05, 0) is 142 Å². The van der Waals surface area contributed by atoms with E-state index in [2.05, 4.69) is 97.4 Å². The SMILES string of the molecule is CCCCCC=CCC=C=CCC=CCCCCCC(CCCCCC=CCC=CCC=CCCCCC)OC(=O)CCCN(C)C. The summed E-state index contributed by atoms with van der Waals surface area (Å²) >= 11 is 0. The molecular weight excluding hydrogens is 574 g/mol. The van der Waals surface area contributed by atoms with Crippen molar-refractivity contribution in [2.24, 2.45) is 0 Å². The van der Waals surface area contributed by atoms with Gasteiger partial charge in [0.25, 0.3) is 0 Å². The second kappa shape index (κ2) is 38.1. The Morgan fingerprint density at radius 2 is 0.979 bits per heavy atom. The van der Waals surface area contributed by atoms with Gasteiger partial charge in [-0.2, -0.15) is 0 Å². The third-order valence-corrected chi connectivity index (χ3v) is 8.15. The largest absolute Gasteiger partial charge is 0.462 e. The van der Waals surface area contributed by atoms with Crippen molar-refractivity contribution in [2.75, 3.05) is 20.6 Å². The van der Waals surface area contributed by atoms with Crippen LogP contribution < -0.4 is 0 Å². The molecule has 0 aromatic rings. The third-order valence-electron chi connectivity index (χ3n) is 8.15. The van der Waals surface area contributed by atoms with Crippen molar-refractivity contribution < 1.29 is 9.53 Å². The molecule has 3 nitrogen and oxygen atoms in total. The van der Waals surface area contributed by atoms with E-state index in [1.807, 2.05) is 14.1 Å². The van der Waals surface area contributed by atoms with Crippen LogP contribution in [0.3, 0.4) is 0 Å². The molecule has 0 aromatic carbocycles. The van der Waals surface area contributed by atoms with Gasteiger partial charge in [0, 0.05) is 6.42 Å². The van der Waals surface area contributed by atoms with Gasteiger partial charge in [-0.25, -0.2) is 0 Å². The molecule has 47 heavy (non-hydrogen) atoms. The maximum absolute atomic E-state index is 12.5. The molecule has 0 rings (SSSR count). The molecule has 0 heterocycles. The molecule has 0 bridgehead atoms. The van der Waals surface area contributed by atoms with Gasteiger partial charge in [-0.3, -0.25) is 4.79 Å². The minimum atomic E-state index is -0.0205. The summed E-state index contributed by atoms with van der Waals surface area (Å²) < 4.78 is 5.97. The van der Waals surface area contributed by atoms with Gasteiger partial charge in [0.2, 0.25) is 0 Å². The molecule has 3 heteroatoms. The zero-order chi connectivity index (χ0) is 34.3. The monoisotopic (exact) mass is 650 g/mol. The standard InChI is InChI=1S/C44H75NO2/c1-5-7-9-11-13-15-17-19-21-23-25-27-29-31-33-35-37-40-43(47-44(46)41-38-42-45(3)4)39-36-34-32-30-28-26-24-22-20-18-16-14-12-10-8-6-2/h13-16,19-20,22-23,26-29,43H,5-12,17-18,24-25,30-42H2,1-4H3. The predicted octanol–water partition coefficient (Wildman–Crippen LogP) is 13.4. The molecule has 0 aliphatic carbocycles. The summed E-state index contributed by atoms with van der Waals surface area (Å²) in [5.74, 6) is -0.0205. The number of carbonyl (C=O) groups is 1. The molecule has 0 aromatic heterocycles. The second-order valence-corrected chi connectivity index (χ2v) is 13.2. The van der Waals surface area contributed by atoms with Crippen LogP contribution in [0.4, 0.5) is 0 Å². The number of hydrogen-bond acceptors (Lipinski definition) is 3. The molecule has 1 unspecified atom stereocenters. The van der Waals surface area contributed by atoms with E-state index in [0.717, 1.165) is 77.2 Å². The first-order valence-electron chi connectivity index (χ1n) is 19.6. The molecule has 268 valence electrons. The van der Waals surface area contributed by atoms with Gasteiger partial charge in [0.15, 0.2) is 0 Å². The van der Waals surface area contributed by atoms with Crippen LogP contribution >= 0.6 is 0 Å². The Balaban J connectivity index is 4.19. The second-order valence-electron chi connectivity index (χ2n) is 13.2. The average molecular weight is 650 g/mol. The van der Waals surface area contributed by atoms with Gasteiger partial charge in [-0.15, -0.1) is 5.73 Å². The number of allylic oxidation sites excluding steroid dienone is 11. The number of rotatable bonds is 33. The number of unbranched alkanes of at least 4 members (excludes halogenated alkanes) is 12. The Labute approximate surface area is 293 Å². The topological polar surface area (TPSA) is 29.5 Å². The first-order valence-corrected chi connectivity index (χ1v) is 19.6. The molecular formula is C44H75NO2. The summed E-state index contributed by atoms with van der Waals surface area (Å²) in [7, 11) is 4.10. The van der Waals surface area contributed by atoms with Crippen LogP contribution in [0.25, 0.3) is 0 Å². The van der Waals surface area contributed by atoms with Crippen LogP contribution in [0, 0.1) is 0 Å². The van der Waals surface area contributed by atoms with Crippen molar-refractivity contribution in [3.63, 3.8) is 0 Å². The van der Waals surface area contributed by atoms with Gasteiger partial charge in [0.05, 0.1) is 0 Å². The van der Waals surface area contributed by atoms with E-state index in [1.165, 1.54) is 77.0 Å². The quantitative estimate of drug-likeness (QED) is 0.0307. The van der Waals surface area contributed by atoms with Crippen LogP contribution in [0.2, 0.25) is 0 Å². The molecule has 1 atom stereocenters. The molecule has 0 aliphatic rings. The number of carbonyl (C=O) groups excluding carboxylic acids is 1. The summed E-state index contributed by atoms with van der Waals surface area (Å²) in [6.45, 7) is 5.43. The maximum atomic E-state index is 12.5.